The summed E-state index contributed by atoms with van der Waals surface area (Å²) in [5, 5.41) is 26.3. The normalized spacial score (nSPS) is 14.4. The molecule has 2 unspecified atom stereocenters. The predicted octanol–water partition coefficient (Wildman–Crippen LogP) is -0.267. The molecule has 2 atom stereocenters. The van der Waals surface area contributed by atoms with Crippen LogP contribution in [0.2, 0.25) is 0 Å². The lowest BCUT2D eigenvalue weighted by atomic mass is 10.1. The predicted molar refractivity (Wildman–Crippen MR) is 60.6 cm³/mol. The zero-order valence-electron chi connectivity index (χ0n) is 8.70. The van der Waals surface area contributed by atoms with Crippen LogP contribution in [0, 0.1) is 0 Å². The van der Waals surface area contributed by atoms with Gasteiger partial charge in [-0.1, -0.05) is 11.8 Å². The maximum atomic E-state index is 10.7. The van der Waals surface area contributed by atoms with Gasteiger partial charge in [-0.25, -0.2) is 0 Å². The number of aliphatic hydroxyl groups excluding tert-OH is 2. The molecule has 0 saturated heterocycles. The molecule has 0 aliphatic carbocycles. The maximum absolute atomic E-state index is 10.7. The summed E-state index contributed by atoms with van der Waals surface area (Å²) in [5.74, 6) is 0.353. The van der Waals surface area contributed by atoms with Crippen molar-refractivity contribution in [2.75, 3.05) is 11.5 Å². The lowest BCUT2D eigenvalue weighted by Crippen LogP contribution is -2.22. The minimum absolute atomic E-state index is 0.114. The number of carbonyl (C=O) groups excluding carboxylic acids is 1. The minimum atomic E-state index is -1.17. The quantitative estimate of drug-likeness (QED) is 0.668. The van der Waals surface area contributed by atoms with E-state index in [1.807, 2.05) is 0 Å². The molecule has 7 heteroatoms. The summed E-state index contributed by atoms with van der Waals surface area (Å²) in [6, 6.07) is 2.96. The molecule has 0 aliphatic heterocycles. The SMILES string of the molecule is CC(=O)SCC(O)C(O)c1ccc(N)nn1. The average molecular weight is 243 g/mol. The van der Waals surface area contributed by atoms with Crippen LogP contribution >= 0.6 is 11.8 Å². The summed E-state index contributed by atoms with van der Waals surface area (Å²) in [5.41, 5.74) is 5.56. The van der Waals surface area contributed by atoms with E-state index in [2.05, 4.69) is 10.2 Å². The monoisotopic (exact) mass is 243 g/mol. The third-order valence-electron chi connectivity index (χ3n) is 1.83. The summed E-state index contributed by atoms with van der Waals surface area (Å²) >= 11 is 0.944. The molecule has 0 bridgehead atoms. The van der Waals surface area contributed by atoms with Crippen molar-refractivity contribution >= 4 is 22.7 Å². The molecule has 1 aromatic rings. The number of hydrogen-bond acceptors (Lipinski definition) is 7. The summed E-state index contributed by atoms with van der Waals surface area (Å²) in [7, 11) is 0. The topological polar surface area (TPSA) is 109 Å². The number of nitrogen functional groups attached to an aromatic ring is 1. The molecule has 0 saturated carbocycles. The fourth-order valence-corrected chi connectivity index (χ4v) is 1.59. The molecule has 4 N–H and O–H groups in total. The Kier molecular flexibility index (Phi) is 4.66. The number of anilines is 1. The second kappa shape index (κ2) is 5.78. The highest BCUT2D eigenvalue weighted by molar-refractivity contribution is 8.13. The van der Waals surface area contributed by atoms with Crippen LogP contribution in [0.1, 0.15) is 18.7 Å². The van der Waals surface area contributed by atoms with Crippen molar-refractivity contribution in [3.8, 4) is 0 Å². The van der Waals surface area contributed by atoms with E-state index in [0.29, 0.717) is 0 Å². The number of hydrogen-bond donors (Lipinski definition) is 3. The van der Waals surface area contributed by atoms with Crippen LogP contribution in [0.15, 0.2) is 12.1 Å². The Hall–Kier alpha value is -1.18. The number of aliphatic hydroxyl groups is 2. The van der Waals surface area contributed by atoms with Gasteiger partial charge in [-0.3, -0.25) is 4.79 Å². The van der Waals surface area contributed by atoms with Crippen LogP contribution in [0.3, 0.4) is 0 Å². The lowest BCUT2D eigenvalue weighted by Gasteiger charge is -2.15. The van der Waals surface area contributed by atoms with Gasteiger partial charge in [0.15, 0.2) is 5.12 Å². The summed E-state index contributed by atoms with van der Waals surface area (Å²) in [6.07, 6.45) is -2.23. The fourth-order valence-electron chi connectivity index (χ4n) is 1.00. The number of carbonyl (C=O) groups is 1. The van der Waals surface area contributed by atoms with Gasteiger partial charge in [0.2, 0.25) is 0 Å². The number of aromatic nitrogens is 2. The lowest BCUT2D eigenvalue weighted by molar-refractivity contribution is -0.109. The Labute approximate surface area is 96.9 Å². The second-order valence-corrected chi connectivity index (χ2v) is 4.39. The van der Waals surface area contributed by atoms with Gasteiger partial charge in [-0.15, -0.1) is 5.10 Å². The van der Waals surface area contributed by atoms with Crippen LogP contribution < -0.4 is 5.73 Å². The van der Waals surface area contributed by atoms with Crippen LogP contribution in [-0.4, -0.2) is 37.4 Å². The van der Waals surface area contributed by atoms with Gasteiger partial charge < -0.3 is 15.9 Å². The summed E-state index contributed by atoms with van der Waals surface area (Å²) in [6.45, 7) is 1.40. The van der Waals surface area contributed by atoms with Crippen molar-refractivity contribution in [2.24, 2.45) is 0 Å². The smallest absolute Gasteiger partial charge is 0.185 e. The number of rotatable bonds is 4. The Morgan fingerprint density at radius 2 is 2.19 bits per heavy atom. The molecule has 16 heavy (non-hydrogen) atoms. The van der Waals surface area contributed by atoms with E-state index in [1.165, 1.54) is 19.1 Å². The third kappa shape index (κ3) is 3.76. The van der Waals surface area contributed by atoms with Gasteiger partial charge in [-0.2, -0.15) is 5.10 Å². The number of nitrogens with two attached hydrogens (primary N) is 1. The van der Waals surface area contributed by atoms with E-state index in [0.717, 1.165) is 11.8 Å². The fraction of sp³-hybridized carbons (Fsp3) is 0.444. The minimum Gasteiger partial charge on any atom is -0.389 e. The molecule has 1 aromatic heterocycles. The van der Waals surface area contributed by atoms with Gasteiger partial charge in [-0.05, 0) is 12.1 Å². The first-order valence-electron chi connectivity index (χ1n) is 4.59. The van der Waals surface area contributed by atoms with Crippen molar-refractivity contribution in [2.45, 2.75) is 19.1 Å². The molecular weight excluding hydrogens is 230 g/mol. The summed E-state index contributed by atoms with van der Waals surface area (Å²) < 4.78 is 0. The summed E-state index contributed by atoms with van der Waals surface area (Å²) in [4.78, 5) is 10.7. The second-order valence-electron chi connectivity index (χ2n) is 3.20. The van der Waals surface area contributed by atoms with Crippen LogP contribution in [0.4, 0.5) is 5.82 Å². The van der Waals surface area contributed by atoms with E-state index in [-0.39, 0.29) is 22.4 Å². The molecule has 0 radical (unpaired) electrons. The molecule has 0 amide bonds. The van der Waals surface area contributed by atoms with Crippen molar-refractivity contribution in [1.82, 2.24) is 10.2 Å². The molecule has 0 fully saturated rings. The third-order valence-corrected chi connectivity index (χ3v) is 2.75. The van der Waals surface area contributed by atoms with Crippen LogP contribution in [0.25, 0.3) is 0 Å². The van der Waals surface area contributed by atoms with Crippen molar-refractivity contribution in [3.05, 3.63) is 17.8 Å². The van der Waals surface area contributed by atoms with Gasteiger partial charge in [0, 0.05) is 12.7 Å². The van der Waals surface area contributed by atoms with Gasteiger partial charge in [0.1, 0.15) is 11.9 Å². The molecule has 0 aliphatic rings. The Bertz CT molecular complexity index is 358. The Balaban J connectivity index is 2.59. The molecule has 0 spiro atoms. The molecule has 88 valence electrons. The van der Waals surface area contributed by atoms with E-state index >= 15 is 0 Å². The molecule has 1 rings (SSSR count). The first-order valence-corrected chi connectivity index (χ1v) is 5.58. The highest BCUT2D eigenvalue weighted by Gasteiger charge is 2.20. The van der Waals surface area contributed by atoms with E-state index < -0.39 is 12.2 Å². The molecular formula is C9H13N3O3S. The molecule has 6 nitrogen and oxygen atoms in total. The van der Waals surface area contributed by atoms with E-state index in [4.69, 9.17) is 5.73 Å². The Morgan fingerprint density at radius 1 is 1.50 bits per heavy atom. The zero-order chi connectivity index (χ0) is 12.1. The van der Waals surface area contributed by atoms with Gasteiger partial charge in [0.25, 0.3) is 0 Å². The number of thioether (sulfide) groups is 1. The van der Waals surface area contributed by atoms with Crippen molar-refractivity contribution < 1.29 is 15.0 Å². The van der Waals surface area contributed by atoms with Gasteiger partial charge >= 0.3 is 0 Å². The largest absolute Gasteiger partial charge is 0.389 e. The average Bonchev–Trinajstić information content (AvgIpc) is 2.26. The molecule has 0 aromatic carbocycles. The Morgan fingerprint density at radius 3 is 2.69 bits per heavy atom. The maximum Gasteiger partial charge on any atom is 0.185 e. The van der Waals surface area contributed by atoms with E-state index in [9.17, 15) is 15.0 Å². The van der Waals surface area contributed by atoms with Crippen LogP contribution in [0.5, 0.6) is 0 Å². The van der Waals surface area contributed by atoms with Crippen molar-refractivity contribution in [1.29, 1.82) is 0 Å². The van der Waals surface area contributed by atoms with Gasteiger partial charge in [0.05, 0.1) is 11.8 Å². The zero-order valence-corrected chi connectivity index (χ0v) is 9.52. The van der Waals surface area contributed by atoms with Crippen molar-refractivity contribution in [3.63, 3.8) is 0 Å². The van der Waals surface area contributed by atoms with Crippen LogP contribution in [-0.2, 0) is 4.79 Å². The first kappa shape index (κ1) is 12.9. The highest BCUT2D eigenvalue weighted by atomic mass is 32.2. The standard InChI is InChI=1S/C9H13N3O3S/c1-5(13)16-4-7(14)9(15)6-2-3-8(10)12-11-6/h2-3,7,9,14-15H,4H2,1H3,(H2,10,12). The van der Waals surface area contributed by atoms with E-state index in [1.54, 1.807) is 0 Å². The number of nitrogens with zero attached hydrogens (tertiary/aromatic N) is 2. The molecule has 1 heterocycles. The first-order chi connectivity index (χ1) is 7.50. The highest BCUT2D eigenvalue weighted by Crippen LogP contribution is 2.18.